The van der Waals surface area contributed by atoms with Crippen molar-refractivity contribution in [3.8, 4) is 0 Å². The summed E-state index contributed by atoms with van der Waals surface area (Å²) < 4.78 is 0. The number of carboxylic acid groups (broad SMARTS) is 1. The van der Waals surface area contributed by atoms with E-state index >= 15 is 0 Å². The van der Waals surface area contributed by atoms with E-state index in [-0.39, 0.29) is 18.6 Å². The molecule has 4 amide bonds. The molecule has 0 aromatic carbocycles. The van der Waals surface area contributed by atoms with Crippen LogP contribution in [0.3, 0.4) is 0 Å². The van der Waals surface area contributed by atoms with Gasteiger partial charge in [0.05, 0.1) is 12.6 Å². The average Bonchev–Trinajstić information content (AvgIpc) is 2.52. The minimum atomic E-state index is -1.30. The number of nitrogens with two attached hydrogens (primary N) is 2. The molecule has 0 saturated carbocycles. The summed E-state index contributed by atoms with van der Waals surface area (Å²) in [6.45, 7) is 0.996. The molecular weight excluding hydrogens is 354 g/mol. The van der Waals surface area contributed by atoms with E-state index in [4.69, 9.17) is 16.6 Å². The van der Waals surface area contributed by atoms with Crippen molar-refractivity contribution in [2.45, 2.75) is 37.9 Å². The van der Waals surface area contributed by atoms with Crippen molar-refractivity contribution in [2.24, 2.45) is 11.5 Å². The molecule has 8 N–H and O–H groups in total. The molecule has 0 fully saturated rings. The van der Waals surface area contributed by atoms with Gasteiger partial charge in [0.1, 0.15) is 12.1 Å². The van der Waals surface area contributed by atoms with Crippen LogP contribution in [0.1, 0.15) is 19.8 Å². The fourth-order valence-electron chi connectivity index (χ4n) is 1.59. The highest BCUT2D eigenvalue weighted by molar-refractivity contribution is 7.80. The Kier molecular flexibility index (Phi) is 10.2. The maximum absolute atomic E-state index is 12.1. The monoisotopic (exact) mass is 377 g/mol. The number of primary amides is 1. The van der Waals surface area contributed by atoms with Crippen LogP contribution in [0.2, 0.25) is 0 Å². The van der Waals surface area contributed by atoms with Crippen molar-refractivity contribution < 1.29 is 29.1 Å². The lowest BCUT2D eigenvalue weighted by molar-refractivity contribution is -0.141. The van der Waals surface area contributed by atoms with Crippen LogP contribution >= 0.6 is 12.6 Å². The molecule has 0 saturated heterocycles. The topological polar surface area (TPSA) is 194 Å². The van der Waals surface area contributed by atoms with Crippen molar-refractivity contribution in [1.82, 2.24) is 16.0 Å². The van der Waals surface area contributed by atoms with E-state index in [1.54, 1.807) is 0 Å². The molecule has 0 aromatic rings. The Morgan fingerprint density at radius 2 is 1.68 bits per heavy atom. The Balaban J connectivity index is 4.82. The standard InChI is InChI=1S/C13H23N5O6S/c1-6(14)11(21)16-4-10(20)17-7(2-3-9(15)19)12(22)18-8(5-25)13(23)24/h6-8,25H,2-5,14H2,1H3,(H2,15,19)(H,16,21)(H,17,20)(H,18,22)(H,23,24). The Labute approximate surface area is 149 Å². The van der Waals surface area contributed by atoms with Gasteiger partial charge in [-0.1, -0.05) is 0 Å². The summed E-state index contributed by atoms with van der Waals surface area (Å²) in [7, 11) is 0. The smallest absolute Gasteiger partial charge is 0.327 e. The van der Waals surface area contributed by atoms with Gasteiger partial charge in [-0.3, -0.25) is 19.2 Å². The highest BCUT2D eigenvalue weighted by atomic mass is 32.1. The van der Waals surface area contributed by atoms with Gasteiger partial charge in [-0.15, -0.1) is 0 Å². The molecule has 0 radical (unpaired) electrons. The van der Waals surface area contributed by atoms with Crippen LogP contribution in [0.25, 0.3) is 0 Å². The molecule has 11 nitrogen and oxygen atoms in total. The Hall–Kier alpha value is -2.34. The van der Waals surface area contributed by atoms with E-state index in [0.717, 1.165) is 0 Å². The number of amides is 4. The number of carbonyl (C=O) groups excluding carboxylic acids is 4. The lowest BCUT2D eigenvalue weighted by atomic mass is 10.1. The maximum atomic E-state index is 12.1. The summed E-state index contributed by atoms with van der Waals surface area (Å²) in [6.07, 6.45) is -0.337. The zero-order valence-corrected chi connectivity index (χ0v) is 14.5. The Morgan fingerprint density at radius 3 is 2.12 bits per heavy atom. The van der Waals surface area contributed by atoms with Gasteiger partial charge in [0.25, 0.3) is 0 Å². The summed E-state index contributed by atoms with van der Waals surface area (Å²) in [5, 5.41) is 15.7. The van der Waals surface area contributed by atoms with E-state index in [1.807, 2.05) is 0 Å². The van der Waals surface area contributed by atoms with Crippen LogP contribution in [-0.2, 0) is 24.0 Å². The molecule has 0 heterocycles. The van der Waals surface area contributed by atoms with Crippen molar-refractivity contribution in [3.05, 3.63) is 0 Å². The van der Waals surface area contributed by atoms with Gasteiger partial charge in [0.15, 0.2) is 0 Å². The number of hydrogen-bond acceptors (Lipinski definition) is 7. The SMILES string of the molecule is CC(N)C(=O)NCC(=O)NC(CCC(N)=O)C(=O)NC(CS)C(=O)O. The molecule has 0 aromatic heterocycles. The third-order valence-electron chi connectivity index (χ3n) is 2.97. The zero-order valence-electron chi connectivity index (χ0n) is 13.7. The number of hydrogen-bond donors (Lipinski definition) is 7. The summed E-state index contributed by atoms with van der Waals surface area (Å²) in [6, 6.07) is -3.27. The molecule has 25 heavy (non-hydrogen) atoms. The van der Waals surface area contributed by atoms with Crippen LogP contribution in [-0.4, -0.2) is 65.1 Å². The van der Waals surface area contributed by atoms with Crippen LogP contribution in [0.15, 0.2) is 0 Å². The van der Waals surface area contributed by atoms with Crippen LogP contribution < -0.4 is 27.4 Å². The molecule has 0 rings (SSSR count). The summed E-state index contributed by atoms with van der Waals surface area (Å²) in [4.78, 5) is 57.1. The van der Waals surface area contributed by atoms with Crippen molar-refractivity contribution in [3.63, 3.8) is 0 Å². The zero-order chi connectivity index (χ0) is 19.6. The molecule has 0 aliphatic heterocycles. The van der Waals surface area contributed by atoms with E-state index in [0.29, 0.717) is 0 Å². The molecular formula is C13H23N5O6S. The number of aliphatic carboxylic acids is 1. The van der Waals surface area contributed by atoms with Gasteiger partial charge >= 0.3 is 5.97 Å². The van der Waals surface area contributed by atoms with Crippen LogP contribution in [0.5, 0.6) is 0 Å². The lowest BCUT2D eigenvalue weighted by Gasteiger charge is -2.20. The summed E-state index contributed by atoms with van der Waals surface area (Å²) in [5.41, 5.74) is 10.3. The van der Waals surface area contributed by atoms with Crippen molar-refractivity contribution in [2.75, 3.05) is 12.3 Å². The largest absolute Gasteiger partial charge is 0.480 e. The van der Waals surface area contributed by atoms with Gasteiger partial charge in [0, 0.05) is 12.2 Å². The van der Waals surface area contributed by atoms with Crippen LogP contribution in [0.4, 0.5) is 0 Å². The first kappa shape index (κ1) is 22.7. The molecule has 3 unspecified atom stereocenters. The Morgan fingerprint density at radius 1 is 1.08 bits per heavy atom. The second kappa shape index (κ2) is 11.3. The molecule has 3 atom stereocenters. The molecule has 142 valence electrons. The van der Waals surface area contributed by atoms with Crippen molar-refractivity contribution >= 4 is 42.2 Å². The normalized spacial score (nSPS) is 13.9. The quantitative estimate of drug-likeness (QED) is 0.183. The second-order valence-corrected chi connectivity index (χ2v) is 5.58. The van der Waals surface area contributed by atoms with Gasteiger partial charge in [-0.05, 0) is 13.3 Å². The van der Waals surface area contributed by atoms with Gasteiger partial charge in [0.2, 0.25) is 23.6 Å². The maximum Gasteiger partial charge on any atom is 0.327 e. The highest BCUT2D eigenvalue weighted by Crippen LogP contribution is 2.00. The first-order chi connectivity index (χ1) is 11.6. The molecule has 12 heteroatoms. The first-order valence-electron chi connectivity index (χ1n) is 7.33. The first-order valence-corrected chi connectivity index (χ1v) is 7.96. The van der Waals surface area contributed by atoms with E-state index in [2.05, 4.69) is 28.6 Å². The fourth-order valence-corrected chi connectivity index (χ4v) is 1.83. The summed E-state index contributed by atoms with van der Waals surface area (Å²) in [5.74, 6) is -4.24. The predicted molar refractivity (Wildman–Crippen MR) is 90.4 cm³/mol. The number of carbonyl (C=O) groups is 5. The lowest BCUT2D eigenvalue weighted by Crippen LogP contribution is -2.54. The number of nitrogens with one attached hydrogen (secondary N) is 3. The molecule has 0 bridgehead atoms. The number of carboxylic acids is 1. The Bertz CT molecular complexity index is 527. The summed E-state index contributed by atoms with van der Waals surface area (Å²) >= 11 is 3.81. The minimum absolute atomic E-state index is 0.132. The predicted octanol–water partition coefficient (Wildman–Crippen LogP) is -3.30. The number of rotatable bonds is 11. The third-order valence-corrected chi connectivity index (χ3v) is 3.33. The van der Waals surface area contributed by atoms with E-state index in [9.17, 15) is 24.0 Å². The minimum Gasteiger partial charge on any atom is -0.480 e. The van der Waals surface area contributed by atoms with E-state index in [1.165, 1.54) is 6.92 Å². The van der Waals surface area contributed by atoms with E-state index < -0.39 is 54.3 Å². The van der Waals surface area contributed by atoms with Gasteiger partial charge in [-0.25, -0.2) is 4.79 Å². The molecule has 0 aliphatic rings. The fraction of sp³-hybridized carbons (Fsp3) is 0.615. The van der Waals surface area contributed by atoms with Gasteiger partial charge in [-0.2, -0.15) is 12.6 Å². The average molecular weight is 377 g/mol. The number of thiol groups is 1. The highest BCUT2D eigenvalue weighted by Gasteiger charge is 2.26. The molecule has 0 spiro atoms. The molecule has 0 aliphatic carbocycles. The second-order valence-electron chi connectivity index (χ2n) is 5.21. The van der Waals surface area contributed by atoms with Crippen molar-refractivity contribution in [1.29, 1.82) is 0 Å². The van der Waals surface area contributed by atoms with Gasteiger partial charge < -0.3 is 32.5 Å². The van der Waals surface area contributed by atoms with Crippen LogP contribution in [0, 0.1) is 0 Å². The third kappa shape index (κ3) is 9.52.